The molecule has 3 aromatic rings. The van der Waals surface area contributed by atoms with Gasteiger partial charge in [0.1, 0.15) is 0 Å². The van der Waals surface area contributed by atoms with Crippen molar-refractivity contribution >= 4 is 17.5 Å². The Morgan fingerprint density at radius 1 is 0.889 bits per heavy atom. The number of benzene rings is 3. The fourth-order valence-electron chi connectivity index (χ4n) is 5.30. The maximum Gasteiger partial charge on any atom is 0.253 e. The van der Waals surface area contributed by atoms with Gasteiger partial charge in [-0.05, 0) is 97.7 Å². The molecule has 3 aliphatic rings. The second-order valence-electron chi connectivity index (χ2n) is 10.1. The molecule has 0 unspecified atom stereocenters. The second kappa shape index (κ2) is 9.01. The first kappa shape index (κ1) is 22.7. The van der Waals surface area contributed by atoms with Gasteiger partial charge in [0.2, 0.25) is 12.7 Å². The number of ether oxygens (including phenoxy) is 2. The first-order valence-corrected chi connectivity index (χ1v) is 12.8. The van der Waals surface area contributed by atoms with E-state index in [0.717, 1.165) is 78.0 Å². The minimum absolute atomic E-state index is 0. The molecule has 3 aromatic carbocycles. The number of piperidine rings is 1. The van der Waals surface area contributed by atoms with Crippen molar-refractivity contribution in [1.82, 2.24) is 4.90 Å². The normalized spacial score (nSPS) is 17.5. The van der Waals surface area contributed by atoms with E-state index in [-0.39, 0.29) is 20.0 Å². The second-order valence-corrected chi connectivity index (χ2v) is 10.1. The summed E-state index contributed by atoms with van der Waals surface area (Å²) in [6, 6.07) is 19.6. The first-order chi connectivity index (χ1) is 17.5. The Morgan fingerprint density at radius 2 is 1.64 bits per heavy atom. The van der Waals surface area contributed by atoms with Crippen molar-refractivity contribution in [2.75, 3.05) is 25.2 Å². The zero-order valence-corrected chi connectivity index (χ0v) is 20.5. The number of nitrogens with one attached hydrogen (secondary N) is 1. The molecule has 0 atom stereocenters. The maximum atomic E-state index is 13.4. The van der Waals surface area contributed by atoms with Crippen LogP contribution in [-0.4, -0.2) is 36.6 Å². The standard InChI is InChI=1S/C30H30N2O4.H2/c1-20-5-11-24(31-29(34)30(13-14-30)23-10-12-26-27(17-23)36-19-35-26)18-25(20)21-6-8-22(9-7-21)28(33)32-15-3-2-4-16-32;/h5-12,17-18H,2-4,13-16,19H2,1H3,(H,31,34);1H. The van der Waals surface area contributed by atoms with E-state index in [2.05, 4.69) is 12.2 Å². The molecule has 0 bridgehead atoms. The van der Waals surface area contributed by atoms with E-state index in [9.17, 15) is 9.59 Å². The molecule has 0 aromatic heterocycles. The van der Waals surface area contributed by atoms with Gasteiger partial charge in [-0.2, -0.15) is 0 Å². The SMILES string of the molecule is Cc1ccc(NC(=O)C2(c3ccc4c(c3)OCO4)CC2)cc1-c1ccc(C(=O)N2CCCCC2)cc1.[HH]. The van der Waals surface area contributed by atoms with Gasteiger partial charge >= 0.3 is 0 Å². The number of anilines is 1. The van der Waals surface area contributed by atoms with Crippen molar-refractivity contribution in [3.8, 4) is 22.6 Å². The van der Waals surface area contributed by atoms with E-state index in [1.807, 2.05) is 65.6 Å². The van der Waals surface area contributed by atoms with Gasteiger partial charge in [0, 0.05) is 25.8 Å². The number of carbonyl (C=O) groups is 2. The van der Waals surface area contributed by atoms with Crippen molar-refractivity contribution in [3.63, 3.8) is 0 Å². The van der Waals surface area contributed by atoms with Crippen molar-refractivity contribution < 1.29 is 20.5 Å². The van der Waals surface area contributed by atoms with Gasteiger partial charge in [0.05, 0.1) is 5.41 Å². The monoisotopic (exact) mass is 484 g/mol. The number of nitrogens with zero attached hydrogens (tertiary/aromatic N) is 1. The summed E-state index contributed by atoms with van der Waals surface area (Å²) < 4.78 is 10.9. The number of hydrogen-bond donors (Lipinski definition) is 1. The number of likely N-dealkylation sites (tertiary alicyclic amines) is 1. The third kappa shape index (κ3) is 4.11. The Balaban J connectivity index is 0.00000280. The summed E-state index contributed by atoms with van der Waals surface area (Å²) in [7, 11) is 0. The number of fused-ring (bicyclic) bond motifs is 1. The molecule has 1 saturated carbocycles. The summed E-state index contributed by atoms with van der Waals surface area (Å²) in [6.45, 7) is 3.96. The lowest BCUT2D eigenvalue weighted by molar-refractivity contribution is -0.118. The summed E-state index contributed by atoms with van der Waals surface area (Å²) in [6.07, 6.45) is 4.98. The molecule has 2 fully saturated rings. The van der Waals surface area contributed by atoms with Gasteiger partial charge in [-0.1, -0.05) is 24.3 Å². The fraction of sp³-hybridized carbons (Fsp3) is 0.333. The molecule has 1 aliphatic carbocycles. The maximum absolute atomic E-state index is 13.4. The van der Waals surface area contributed by atoms with Gasteiger partial charge in [0.15, 0.2) is 11.5 Å². The van der Waals surface area contributed by atoms with Crippen LogP contribution in [0.4, 0.5) is 5.69 Å². The van der Waals surface area contributed by atoms with Crippen LogP contribution in [0.2, 0.25) is 0 Å². The number of hydrogen-bond acceptors (Lipinski definition) is 4. The largest absolute Gasteiger partial charge is 0.454 e. The molecule has 36 heavy (non-hydrogen) atoms. The lowest BCUT2D eigenvalue weighted by atomic mass is 9.94. The number of rotatable bonds is 5. The Morgan fingerprint density at radius 3 is 2.39 bits per heavy atom. The van der Waals surface area contributed by atoms with E-state index in [1.54, 1.807) is 0 Å². The molecular formula is C30H32N2O4. The molecule has 6 rings (SSSR count). The summed E-state index contributed by atoms with van der Waals surface area (Å²) in [5, 5.41) is 3.15. The molecule has 2 amide bonds. The Kier molecular flexibility index (Phi) is 5.67. The first-order valence-electron chi connectivity index (χ1n) is 12.8. The van der Waals surface area contributed by atoms with Crippen molar-refractivity contribution in [3.05, 3.63) is 77.4 Å². The summed E-state index contributed by atoms with van der Waals surface area (Å²) in [4.78, 5) is 28.2. The van der Waals surface area contributed by atoms with Crippen LogP contribution in [-0.2, 0) is 10.2 Å². The topological polar surface area (TPSA) is 67.9 Å². The van der Waals surface area contributed by atoms with Crippen LogP contribution in [0.25, 0.3) is 11.1 Å². The van der Waals surface area contributed by atoms with Crippen LogP contribution in [0.3, 0.4) is 0 Å². The Labute approximate surface area is 212 Å². The highest BCUT2D eigenvalue weighted by molar-refractivity contribution is 6.02. The predicted octanol–water partition coefficient (Wildman–Crippen LogP) is 5.93. The molecule has 0 radical (unpaired) electrons. The summed E-state index contributed by atoms with van der Waals surface area (Å²) >= 11 is 0. The van der Waals surface area contributed by atoms with E-state index >= 15 is 0 Å². The van der Waals surface area contributed by atoms with Crippen molar-refractivity contribution in [1.29, 1.82) is 0 Å². The van der Waals surface area contributed by atoms with E-state index < -0.39 is 5.41 Å². The van der Waals surface area contributed by atoms with E-state index in [0.29, 0.717) is 5.75 Å². The van der Waals surface area contributed by atoms with Gasteiger partial charge in [0.25, 0.3) is 5.91 Å². The molecular weight excluding hydrogens is 452 g/mol. The molecule has 2 aliphatic heterocycles. The molecule has 1 N–H and O–H groups in total. The van der Waals surface area contributed by atoms with E-state index in [4.69, 9.17) is 9.47 Å². The van der Waals surface area contributed by atoms with Crippen molar-refractivity contribution in [2.45, 2.75) is 44.4 Å². The summed E-state index contributed by atoms with van der Waals surface area (Å²) in [5.41, 5.74) is 5.10. The average Bonchev–Trinajstić information content (AvgIpc) is 3.60. The zero-order valence-electron chi connectivity index (χ0n) is 20.5. The van der Waals surface area contributed by atoms with Crippen LogP contribution >= 0.6 is 0 Å². The van der Waals surface area contributed by atoms with E-state index in [1.165, 1.54) is 6.42 Å². The molecule has 6 nitrogen and oxygen atoms in total. The fourth-order valence-corrected chi connectivity index (χ4v) is 5.30. The van der Waals surface area contributed by atoms with Gasteiger partial charge in [-0.3, -0.25) is 9.59 Å². The van der Waals surface area contributed by atoms with Crippen LogP contribution in [0.1, 0.15) is 55.0 Å². The molecule has 6 heteroatoms. The minimum Gasteiger partial charge on any atom is -0.454 e. The van der Waals surface area contributed by atoms with Crippen LogP contribution in [0, 0.1) is 6.92 Å². The summed E-state index contributed by atoms with van der Waals surface area (Å²) in [5.74, 6) is 1.53. The lowest BCUT2D eigenvalue weighted by Gasteiger charge is -2.26. The number of carbonyl (C=O) groups excluding carboxylic acids is 2. The van der Waals surface area contributed by atoms with Crippen LogP contribution in [0.5, 0.6) is 11.5 Å². The molecule has 0 spiro atoms. The average molecular weight is 485 g/mol. The van der Waals surface area contributed by atoms with Gasteiger partial charge < -0.3 is 19.7 Å². The molecule has 186 valence electrons. The number of aryl methyl sites for hydroxylation is 1. The lowest BCUT2D eigenvalue weighted by Crippen LogP contribution is -2.35. The number of amides is 2. The quantitative estimate of drug-likeness (QED) is 0.487. The highest BCUT2D eigenvalue weighted by Gasteiger charge is 2.51. The highest BCUT2D eigenvalue weighted by atomic mass is 16.7. The zero-order chi connectivity index (χ0) is 24.7. The minimum atomic E-state index is -0.525. The predicted molar refractivity (Wildman–Crippen MR) is 141 cm³/mol. The third-order valence-corrected chi connectivity index (χ3v) is 7.69. The smallest absolute Gasteiger partial charge is 0.253 e. The Bertz CT molecular complexity index is 1330. The van der Waals surface area contributed by atoms with Gasteiger partial charge in [-0.15, -0.1) is 0 Å². The van der Waals surface area contributed by atoms with Gasteiger partial charge in [-0.25, -0.2) is 0 Å². The third-order valence-electron chi connectivity index (χ3n) is 7.69. The highest BCUT2D eigenvalue weighted by Crippen LogP contribution is 2.51. The molecule has 2 heterocycles. The molecule has 1 saturated heterocycles. The Hall–Kier alpha value is -3.80. The van der Waals surface area contributed by atoms with Crippen LogP contribution < -0.4 is 14.8 Å². The van der Waals surface area contributed by atoms with Crippen molar-refractivity contribution in [2.24, 2.45) is 0 Å². The van der Waals surface area contributed by atoms with Crippen LogP contribution in [0.15, 0.2) is 60.7 Å².